The van der Waals surface area contributed by atoms with Gasteiger partial charge in [-0.2, -0.15) is 0 Å². The van der Waals surface area contributed by atoms with Gasteiger partial charge in [-0.15, -0.1) is 0 Å². The summed E-state index contributed by atoms with van der Waals surface area (Å²) in [6, 6.07) is 6.89. The number of hydrogen-bond acceptors (Lipinski definition) is 3. The Labute approximate surface area is 115 Å². The molecule has 0 spiro atoms. The van der Waals surface area contributed by atoms with Crippen molar-refractivity contribution in [3.63, 3.8) is 0 Å². The maximum Gasteiger partial charge on any atom is 0.0512 e. The molecule has 19 heavy (non-hydrogen) atoms. The molecular weight excluding hydrogens is 236 g/mol. The van der Waals surface area contributed by atoms with Crippen LogP contribution in [-0.4, -0.2) is 26.3 Å². The van der Waals surface area contributed by atoms with E-state index in [1.807, 2.05) is 0 Å². The van der Waals surface area contributed by atoms with Crippen molar-refractivity contribution in [2.24, 2.45) is 11.7 Å². The maximum atomic E-state index is 5.98. The number of benzene rings is 1. The number of aryl methyl sites for hydroxylation is 1. The molecule has 3 rings (SSSR count). The molecule has 0 bridgehead atoms. The average Bonchev–Trinajstić information content (AvgIpc) is 2.91. The smallest absolute Gasteiger partial charge is 0.0512 e. The first kappa shape index (κ1) is 12.9. The first-order chi connectivity index (χ1) is 9.24. The predicted molar refractivity (Wildman–Crippen MR) is 78.5 cm³/mol. The fourth-order valence-electron chi connectivity index (χ4n) is 3.21. The van der Waals surface area contributed by atoms with Gasteiger partial charge in [-0.3, -0.25) is 0 Å². The van der Waals surface area contributed by atoms with Gasteiger partial charge in [0.15, 0.2) is 0 Å². The first-order valence-electron chi connectivity index (χ1n) is 7.45. The minimum absolute atomic E-state index is 0.129. The third kappa shape index (κ3) is 2.77. The van der Waals surface area contributed by atoms with Crippen LogP contribution in [0.1, 0.15) is 36.9 Å². The highest BCUT2D eigenvalue weighted by Gasteiger charge is 2.23. The summed E-state index contributed by atoms with van der Waals surface area (Å²) < 4.78 is 5.49. The van der Waals surface area contributed by atoms with Crippen LogP contribution in [0.3, 0.4) is 0 Å². The van der Waals surface area contributed by atoms with Crippen molar-refractivity contribution in [2.75, 3.05) is 31.2 Å². The van der Waals surface area contributed by atoms with Gasteiger partial charge in [-0.25, -0.2) is 0 Å². The van der Waals surface area contributed by atoms with Gasteiger partial charge in [0.25, 0.3) is 0 Å². The van der Waals surface area contributed by atoms with Crippen molar-refractivity contribution in [1.82, 2.24) is 0 Å². The number of nitrogens with zero attached hydrogens (tertiary/aromatic N) is 1. The second-order valence-electron chi connectivity index (χ2n) is 5.96. The summed E-state index contributed by atoms with van der Waals surface area (Å²) in [5.74, 6) is 0.707. The van der Waals surface area contributed by atoms with Gasteiger partial charge in [0, 0.05) is 37.3 Å². The molecule has 2 N–H and O–H groups in total. The second kappa shape index (κ2) is 5.51. The van der Waals surface area contributed by atoms with Gasteiger partial charge in [0.05, 0.1) is 6.61 Å². The molecule has 3 heteroatoms. The van der Waals surface area contributed by atoms with Gasteiger partial charge < -0.3 is 15.4 Å². The van der Waals surface area contributed by atoms with Crippen molar-refractivity contribution in [1.29, 1.82) is 0 Å². The zero-order valence-corrected chi connectivity index (χ0v) is 11.8. The van der Waals surface area contributed by atoms with E-state index in [4.69, 9.17) is 10.5 Å². The molecule has 1 saturated heterocycles. The lowest BCUT2D eigenvalue weighted by atomic mass is 9.96. The Kier molecular flexibility index (Phi) is 3.76. The van der Waals surface area contributed by atoms with Gasteiger partial charge in [0.1, 0.15) is 0 Å². The van der Waals surface area contributed by atoms with E-state index in [2.05, 4.69) is 30.0 Å². The Morgan fingerprint density at radius 1 is 1.47 bits per heavy atom. The lowest BCUT2D eigenvalue weighted by Crippen LogP contribution is -2.34. The largest absolute Gasteiger partial charge is 0.381 e. The number of ether oxygens (including phenoxy) is 1. The van der Waals surface area contributed by atoms with Crippen LogP contribution in [-0.2, 0) is 11.2 Å². The molecule has 1 fully saturated rings. The van der Waals surface area contributed by atoms with E-state index in [0.717, 1.165) is 19.8 Å². The van der Waals surface area contributed by atoms with E-state index in [9.17, 15) is 0 Å². The highest BCUT2D eigenvalue weighted by molar-refractivity contribution is 5.57. The molecule has 1 aromatic carbocycles. The summed E-state index contributed by atoms with van der Waals surface area (Å²) in [7, 11) is 0. The monoisotopic (exact) mass is 260 g/mol. The quantitative estimate of drug-likeness (QED) is 0.907. The minimum Gasteiger partial charge on any atom is -0.381 e. The predicted octanol–water partition coefficient (Wildman–Crippen LogP) is 2.50. The second-order valence-corrected chi connectivity index (χ2v) is 5.96. The third-order valence-corrected chi connectivity index (χ3v) is 4.35. The van der Waals surface area contributed by atoms with Gasteiger partial charge >= 0.3 is 0 Å². The fraction of sp³-hybridized carbons (Fsp3) is 0.625. The zero-order valence-electron chi connectivity index (χ0n) is 11.8. The van der Waals surface area contributed by atoms with E-state index in [-0.39, 0.29) is 6.04 Å². The zero-order chi connectivity index (χ0) is 13.2. The van der Waals surface area contributed by atoms with Crippen LogP contribution in [0.2, 0.25) is 0 Å². The third-order valence-electron chi connectivity index (χ3n) is 4.35. The highest BCUT2D eigenvalue weighted by atomic mass is 16.5. The molecular formula is C16H24N2O. The van der Waals surface area contributed by atoms with E-state index in [1.54, 1.807) is 0 Å². The Morgan fingerprint density at radius 2 is 2.37 bits per heavy atom. The number of hydrogen-bond donors (Lipinski definition) is 1. The molecule has 0 aliphatic carbocycles. The number of rotatable bonds is 3. The number of fused-ring (bicyclic) bond motifs is 1. The van der Waals surface area contributed by atoms with Crippen LogP contribution >= 0.6 is 0 Å². The molecule has 0 aromatic heterocycles. The van der Waals surface area contributed by atoms with Gasteiger partial charge in [0.2, 0.25) is 0 Å². The first-order valence-corrected chi connectivity index (χ1v) is 7.45. The van der Waals surface area contributed by atoms with E-state index < -0.39 is 0 Å². The fourth-order valence-corrected chi connectivity index (χ4v) is 3.21. The molecule has 2 heterocycles. The number of anilines is 1. The lowest BCUT2D eigenvalue weighted by molar-refractivity contribution is 0.186. The summed E-state index contributed by atoms with van der Waals surface area (Å²) in [6.07, 6.45) is 3.65. The minimum atomic E-state index is 0.129. The van der Waals surface area contributed by atoms with Crippen LogP contribution in [0, 0.1) is 5.92 Å². The maximum absolute atomic E-state index is 5.98. The Balaban J connectivity index is 1.79. The molecule has 0 saturated carbocycles. The average molecular weight is 260 g/mol. The van der Waals surface area contributed by atoms with Crippen molar-refractivity contribution < 1.29 is 4.74 Å². The molecule has 2 atom stereocenters. The Hall–Kier alpha value is -1.06. The van der Waals surface area contributed by atoms with Crippen LogP contribution in [0.5, 0.6) is 0 Å². The Morgan fingerprint density at radius 3 is 3.11 bits per heavy atom. The molecule has 0 amide bonds. The lowest BCUT2D eigenvalue weighted by Gasteiger charge is -2.33. The normalized spacial score (nSPS) is 24.3. The summed E-state index contributed by atoms with van der Waals surface area (Å²) in [6.45, 7) is 6.25. The van der Waals surface area contributed by atoms with E-state index >= 15 is 0 Å². The van der Waals surface area contributed by atoms with E-state index in [1.165, 1.54) is 42.6 Å². The van der Waals surface area contributed by atoms with Gasteiger partial charge in [-0.1, -0.05) is 12.1 Å². The molecule has 2 aliphatic rings. The molecule has 1 aromatic rings. The van der Waals surface area contributed by atoms with Crippen molar-refractivity contribution in [2.45, 2.75) is 32.2 Å². The van der Waals surface area contributed by atoms with Crippen LogP contribution < -0.4 is 10.6 Å². The molecule has 2 aliphatic heterocycles. The van der Waals surface area contributed by atoms with E-state index in [0.29, 0.717) is 5.92 Å². The molecule has 2 unspecified atom stereocenters. The SMILES string of the molecule is CC(N)c1ccc2c(c1)CCCN2CC1CCOC1. The standard InChI is InChI=1S/C16H24N2O/c1-12(17)14-4-5-16-15(9-14)3-2-7-18(16)10-13-6-8-19-11-13/h4-5,9,12-13H,2-3,6-8,10-11,17H2,1H3. The van der Waals surface area contributed by atoms with Crippen molar-refractivity contribution in [3.8, 4) is 0 Å². The van der Waals surface area contributed by atoms with Crippen molar-refractivity contribution in [3.05, 3.63) is 29.3 Å². The van der Waals surface area contributed by atoms with Crippen LogP contribution in [0.4, 0.5) is 5.69 Å². The van der Waals surface area contributed by atoms with Crippen LogP contribution in [0.15, 0.2) is 18.2 Å². The van der Waals surface area contributed by atoms with Gasteiger partial charge in [-0.05, 0) is 43.4 Å². The molecule has 104 valence electrons. The summed E-state index contributed by atoms with van der Waals surface area (Å²) >= 11 is 0. The highest BCUT2D eigenvalue weighted by Crippen LogP contribution is 2.30. The Bertz CT molecular complexity index is 438. The van der Waals surface area contributed by atoms with Crippen LogP contribution in [0.25, 0.3) is 0 Å². The topological polar surface area (TPSA) is 38.5 Å². The number of nitrogens with two attached hydrogens (primary N) is 1. The molecule has 3 nitrogen and oxygen atoms in total. The summed E-state index contributed by atoms with van der Waals surface area (Å²) in [5.41, 5.74) is 10.1. The van der Waals surface area contributed by atoms with Crippen molar-refractivity contribution >= 4 is 5.69 Å². The summed E-state index contributed by atoms with van der Waals surface area (Å²) in [5, 5.41) is 0. The molecule has 0 radical (unpaired) electrons. The summed E-state index contributed by atoms with van der Waals surface area (Å²) in [4.78, 5) is 2.54.